The lowest BCUT2D eigenvalue weighted by Crippen LogP contribution is -2.42. The van der Waals surface area contributed by atoms with Crippen LogP contribution in [0.1, 0.15) is 32.6 Å². The Labute approximate surface area is 87.2 Å². The van der Waals surface area contributed by atoms with Gasteiger partial charge in [-0.05, 0) is 25.2 Å². The average molecular weight is 227 g/mol. The molecule has 1 aliphatic carbocycles. The molecule has 0 saturated heterocycles. The van der Waals surface area contributed by atoms with Crippen molar-refractivity contribution >= 4 is 0 Å². The predicted octanol–water partition coefficient (Wildman–Crippen LogP) is 3.06. The number of hydrogen-bond acceptors (Lipinski definition) is 1. The Hall–Kier alpha value is -0.320. The van der Waals surface area contributed by atoms with Crippen LogP contribution in [0.15, 0.2) is 0 Å². The fourth-order valence-corrected chi connectivity index (χ4v) is 1.99. The smallest absolute Gasteiger partial charge is 0.308 e. The zero-order chi connectivity index (χ0) is 11.5. The minimum Gasteiger partial charge on any atom is -0.308 e. The van der Waals surface area contributed by atoms with Gasteiger partial charge in [-0.15, -0.1) is 0 Å². The van der Waals surface area contributed by atoms with Gasteiger partial charge in [-0.1, -0.05) is 13.3 Å². The van der Waals surface area contributed by atoms with E-state index < -0.39 is 18.9 Å². The van der Waals surface area contributed by atoms with Gasteiger partial charge in [0.15, 0.2) is 0 Å². The van der Waals surface area contributed by atoms with Crippen molar-refractivity contribution in [2.75, 3.05) is 6.54 Å². The molecular formula is C10H17F4N. The summed E-state index contributed by atoms with van der Waals surface area (Å²) in [5.74, 6) is -3.34. The molecule has 1 fully saturated rings. The monoisotopic (exact) mass is 227 g/mol. The standard InChI is InChI=1S/C10H17F4N/c1-2-7-3-4-8(5-7)15-6-10(13,14)9(11)12/h7-9,15H,2-6H2,1H3. The predicted molar refractivity (Wildman–Crippen MR) is 50.4 cm³/mol. The lowest BCUT2D eigenvalue weighted by molar-refractivity contribution is -0.126. The largest absolute Gasteiger partial charge is 0.319 e. The highest BCUT2D eigenvalue weighted by molar-refractivity contribution is 4.82. The molecule has 0 aromatic heterocycles. The van der Waals surface area contributed by atoms with E-state index in [9.17, 15) is 17.6 Å². The van der Waals surface area contributed by atoms with Crippen LogP contribution in [0.4, 0.5) is 17.6 Å². The molecule has 1 rings (SSSR count). The second-order valence-corrected chi connectivity index (χ2v) is 4.23. The van der Waals surface area contributed by atoms with Crippen molar-refractivity contribution in [3.05, 3.63) is 0 Å². The normalized spacial score (nSPS) is 27.6. The summed E-state index contributed by atoms with van der Waals surface area (Å²) in [5, 5.41) is 2.54. The number of halogens is 4. The summed E-state index contributed by atoms with van der Waals surface area (Å²) < 4.78 is 48.8. The fourth-order valence-electron chi connectivity index (χ4n) is 1.99. The molecule has 0 amide bonds. The SMILES string of the molecule is CCC1CCC(NCC(F)(F)C(F)F)C1. The van der Waals surface area contributed by atoms with Gasteiger partial charge in [0.2, 0.25) is 0 Å². The van der Waals surface area contributed by atoms with E-state index in [-0.39, 0.29) is 6.04 Å². The molecule has 90 valence electrons. The van der Waals surface area contributed by atoms with Crippen molar-refractivity contribution in [1.29, 1.82) is 0 Å². The molecule has 0 aliphatic heterocycles. The molecule has 0 spiro atoms. The first-order chi connectivity index (χ1) is 6.95. The van der Waals surface area contributed by atoms with Gasteiger partial charge in [0.05, 0.1) is 6.54 Å². The minimum atomic E-state index is -3.90. The highest BCUT2D eigenvalue weighted by atomic mass is 19.3. The second kappa shape index (κ2) is 5.14. The maximum absolute atomic E-state index is 12.6. The highest BCUT2D eigenvalue weighted by Gasteiger charge is 2.41. The van der Waals surface area contributed by atoms with Crippen LogP contribution in [0, 0.1) is 5.92 Å². The molecular weight excluding hydrogens is 210 g/mol. The van der Waals surface area contributed by atoms with E-state index >= 15 is 0 Å². The average Bonchev–Trinajstić information content (AvgIpc) is 2.62. The summed E-state index contributed by atoms with van der Waals surface area (Å²) in [5.41, 5.74) is 0. The quantitative estimate of drug-likeness (QED) is 0.712. The van der Waals surface area contributed by atoms with Gasteiger partial charge in [0.25, 0.3) is 0 Å². The number of alkyl halides is 4. The molecule has 1 N–H and O–H groups in total. The van der Waals surface area contributed by atoms with E-state index in [1.807, 2.05) is 0 Å². The van der Waals surface area contributed by atoms with E-state index in [1.165, 1.54) is 0 Å². The maximum atomic E-state index is 12.6. The first kappa shape index (κ1) is 12.7. The Kier molecular flexibility index (Phi) is 4.37. The van der Waals surface area contributed by atoms with Gasteiger partial charge in [-0.2, -0.15) is 8.78 Å². The van der Waals surface area contributed by atoms with Gasteiger partial charge in [0, 0.05) is 6.04 Å². The Morgan fingerprint density at radius 1 is 1.33 bits per heavy atom. The molecule has 15 heavy (non-hydrogen) atoms. The lowest BCUT2D eigenvalue weighted by atomic mass is 10.1. The topological polar surface area (TPSA) is 12.0 Å². The minimum absolute atomic E-state index is 0.0143. The summed E-state index contributed by atoms with van der Waals surface area (Å²) in [6, 6.07) is -0.0143. The van der Waals surface area contributed by atoms with Crippen molar-refractivity contribution in [2.24, 2.45) is 5.92 Å². The molecule has 0 radical (unpaired) electrons. The van der Waals surface area contributed by atoms with Crippen LogP contribution in [0.25, 0.3) is 0 Å². The maximum Gasteiger partial charge on any atom is 0.319 e. The van der Waals surface area contributed by atoms with E-state index in [2.05, 4.69) is 12.2 Å². The molecule has 2 unspecified atom stereocenters. The Bertz CT molecular complexity index is 196. The van der Waals surface area contributed by atoms with Crippen LogP contribution in [-0.4, -0.2) is 24.9 Å². The van der Waals surface area contributed by atoms with Crippen molar-refractivity contribution in [1.82, 2.24) is 5.32 Å². The molecule has 1 nitrogen and oxygen atoms in total. The summed E-state index contributed by atoms with van der Waals surface area (Å²) in [6.07, 6.45) is 0.110. The van der Waals surface area contributed by atoms with Crippen LogP contribution < -0.4 is 5.32 Å². The zero-order valence-corrected chi connectivity index (χ0v) is 8.78. The summed E-state index contributed by atoms with van der Waals surface area (Å²) in [7, 11) is 0. The molecule has 2 atom stereocenters. The van der Waals surface area contributed by atoms with E-state index in [4.69, 9.17) is 0 Å². The molecule has 0 aromatic carbocycles. The molecule has 1 aliphatic rings. The second-order valence-electron chi connectivity index (χ2n) is 4.23. The van der Waals surface area contributed by atoms with E-state index in [1.54, 1.807) is 0 Å². The van der Waals surface area contributed by atoms with Gasteiger partial charge in [-0.3, -0.25) is 0 Å². The zero-order valence-electron chi connectivity index (χ0n) is 8.78. The summed E-state index contributed by atoms with van der Waals surface area (Å²) in [6.45, 7) is 1.15. The molecule has 1 saturated carbocycles. The third kappa shape index (κ3) is 3.63. The Morgan fingerprint density at radius 3 is 2.47 bits per heavy atom. The molecule has 5 heteroatoms. The van der Waals surface area contributed by atoms with Crippen LogP contribution in [0.2, 0.25) is 0 Å². The van der Waals surface area contributed by atoms with Gasteiger partial charge in [-0.25, -0.2) is 8.78 Å². The van der Waals surface area contributed by atoms with Crippen molar-refractivity contribution < 1.29 is 17.6 Å². The van der Waals surface area contributed by atoms with Crippen molar-refractivity contribution in [3.8, 4) is 0 Å². The number of rotatable bonds is 5. The number of nitrogens with one attached hydrogen (secondary N) is 1. The molecule has 0 bridgehead atoms. The third-order valence-electron chi connectivity index (χ3n) is 3.06. The third-order valence-corrected chi connectivity index (χ3v) is 3.06. The molecule has 0 aromatic rings. The van der Waals surface area contributed by atoms with Gasteiger partial charge >= 0.3 is 12.3 Å². The van der Waals surface area contributed by atoms with Gasteiger partial charge < -0.3 is 5.32 Å². The first-order valence-corrected chi connectivity index (χ1v) is 5.35. The summed E-state index contributed by atoms with van der Waals surface area (Å²) >= 11 is 0. The number of hydrogen-bond donors (Lipinski definition) is 1. The first-order valence-electron chi connectivity index (χ1n) is 5.35. The lowest BCUT2D eigenvalue weighted by Gasteiger charge is -2.19. The summed E-state index contributed by atoms with van der Waals surface area (Å²) in [4.78, 5) is 0. The van der Waals surface area contributed by atoms with Crippen LogP contribution >= 0.6 is 0 Å². The van der Waals surface area contributed by atoms with Crippen LogP contribution in [0.3, 0.4) is 0 Å². The Balaban J connectivity index is 2.26. The van der Waals surface area contributed by atoms with Crippen LogP contribution in [0.5, 0.6) is 0 Å². The van der Waals surface area contributed by atoms with Gasteiger partial charge in [0.1, 0.15) is 0 Å². The van der Waals surface area contributed by atoms with Crippen molar-refractivity contribution in [2.45, 2.75) is 51.0 Å². The van der Waals surface area contributed by atoms with E-state index in [0.29, 0.717) is 5.92 Å². The van der Waals surface area contributed by atoms with Crippen molar-refractivity contribution in [3.63, 3.8) is 0 Å². The molecule has 0 heterocycles. The van der Waals surface area contributed by atoms with E-state index in [0.717, 1.165) is 25.7 Å². The highest BCUT2D eigenvalue weighted by Crippen LogP contribution is 2.29. The Morgan fingerprint density at radius 2 is 2.00 bits per heavy atom. The fraction of sp³-hybridized carbons (Fsp3) is 1.00. The van der Waals surface area contributed by atoms with Crippen LogP contribution in [-0.2, 0) is 0 Å².